The van der Waals surface area contributed by atoms with Crippen LogP contribution in [0, 0.1) is 0 Å². The predicted octanol–water partition coefficient (Wildman–Crippen LogP) is 3.12. The Balaban J connectivity index is 3.90. The number of nitrogens with zero attached hydrogens (tertiary/aromatic N) is 2. The molecule has 0 radical (unpaired) electrons. The maximum absolute atomic E-state index is 9.55. The number of hydrogen-bond donors (Lipinski definition) is 2. The molecule has 0 heterocycles. The van der Waals surface area contributed by atoms with E-state index < -0.39 is 0 Å². The Labute approximate surface area is 144 Å². The van der Waals surface area contributed by atoms with Crippen molar-refractivity contribution < 1.29 is 10.2 Å². The van der Waals surface area contributed by atoms with Crippen LogP contribution in [0.25, 0.3) is 0 Å². The van der Waals surface area contributed by atoms with Crippen molar-refractivity contribution in [2.45, 2.75) is 84.8 Å². The van der Waals surface area contributed by atoms with Gasteiger partial charge in [0.25, 0.3) is 0 Å². The number of aliphatic hydroxyl groups is 2. The summed E-state index contributed by atoms with van der Waals surface area (Å²) >= 11 is 0. The van der Waals surface area contributed by atoms with E-state index in [1.54, 1.807) is 0 Å². The Morgan fingerprint density at radius 3 is 1.39 bits per heavy atom. The number of aliphatic hydroxyl groups excluding tert-OH is 2. The molecule has 0 spiro atoms. The van der Waals surface area contributed by atoms with Crippen molar-refractivity contribution in [3.8, 4) is 0 Å². The molecule has 0 aromatic heterocycles. The van der Waals surface area contributed by atoms with Crippen LogP contribution in [0.3, 0.4) is 0 Å². The first-order valence-electron chi connectivity index (χ1n) is 9.80. The van der Waals surface area contributed by atoms with Gasteiger partial charge in [0, 0.05) is 13.1 Å². The first-order valence-corrected chi connectivity index (χ1v) is 9.80. The van der Waals surface area contributed by atoms with Crippen molar-refractivity contribution in [2.24, 2.45) is 0 Å². The van der Waals surface area contributed by atoms with Gasteiger partial charge in [-0.05, 0) is 65.7 Å². The standard InChI is InChI=1S/C19H42N2O2/c1-5-7-12-20(13-8-6-2)14-10-9-11-15-21(16-18(3)22)17-19(4)23/h18-19,22-23H,5-17H2,1-4H3. The normalized spacial score (nSPS) is 14.6. The molecule has 0 amide bonds. The van der Waals surface area contributed by atoms with Crippen LogP contribution in [0.15, 0.2) is 0 Å². The highest BCUT2D eigenvalue weighted by Gasteiger charge is 2.11. The van der Waals surface area contributed by atoms with Gasteiger partial charge in [0.1, 0.15) is 0 Å². The highest BCUT2D eigenvalue weighted by molar-refractivity contribution is 4.65. The molecular formula is C19H42N2O2. The lowest BCUT2D eigenvalue weighted by molar-refractivity contribution is 0.0823. The largest absolute Gasteiger partial charge is 0.392 e. The summed E-state index contributed by atoms with van der Waals surface area (Å²) in [6.07, 6.45) is 8.14. The summed E-state index contributed by atoms with van der Waals surface area (Å²) in [5.41, 5.74) is 0. The Hall–Kier alpha value is -0.160. The molecule has 140 valence electrons. The Kier molecular flexibility index (Phi) is 15.3. The van der Waals surface area contributed by atoms with Gasteiger partial charge >= 0.3 is 0 Å². The molecule has 4 heteroatoms. The molecule has 0 saturated heterocycles. The maximum Gasteiger partial charge on any atom is 0.0639 e. The minimum absolute atomic E-state index is 0.327. The van der Waals surface area contributed by atoms with E-state index in [2.05, 4.69) is 23.6 Å². The van der Waals surface area contributed by atoms with E-state index >= 15 is 0 Å². The first kappa shape index (κ1) is 22.8. The minimum atomic E-state index is -0.327. The zero-order valence-electron chi connectivity index (χ0n) is 16.1. The molecule has 0 saturated carbocycles. The third-order valence-corrected chi connectivity index (χ3v) is 4.15. The highest BCUT2D eigenvalue weighted by atomic mass is 16.3. The van der Waals surface area contributed by atoms with Crippen LogP contribution in [0.5, 0.6) is 0 Å². The Bertz CT molecular complexity index is 230. The summed E-state index contributed by atoms with van der Waals surface area (Å²) in [4.78, 5) is 4.80. The molecule has 0 aliphatic rings. The minimum Gasteiger partial charge on any atom is -0.392 e. The zero-order chi connectivity index (χ0) is 17.5. The molecule has 2 N–H and O–H groups in total. The SMILES string of the molecule is CCCCN(CCCC)CCCCCN(CC(C)O)CC(C)O. The van der Waals surface area contributed by atoms with E-state index in [0.29, 0.717) is 13.1 Å². The van der Waals surface area contributed by atoms with Crippen LogP contribution >= 0.6 is 0 Å². The second-order valence-corrected chi connectivity index (χ2v) is 7.07. The summed E-state index contributed by atoms with van der Waals surface area (Å²) in [6, 6.07) is 0. The molecule has 0 aromatic rings. The number of rotatable bonds is 16. The summed E-state index contributed by atoms with van der Waals surface area (Å²) in [5.74, 6) is 0. The third-order valence-electron chi connectivity index (χ3n) is 4.15. The van der Waals surface area contributed by atoms with Crippen LogP contribution in [-0.4, -0.2) is 71.5 Å². The first-order chi connectivity index (χ1) is 11.0. The Morgan fingerprint density at radius 1 is 0.609 bits per heavy atom. The highest BCUT2D eigenvalue weighted by Crippen LogP contribution is 2.06. The van der Waals surface area contributed by atoms with E-state index in [1.807, 2.05) is 13.8 Å². The van der Waals surface area contributed by atoms with Gasteiger partial charge in [-0.1, -0.05) is 33.1 Å². The van der Waals surface area contributed by atoms with Crippen LogP contribution in [-0.2, 0) is 0 Å². The summed E-state index contributed by atoms with van der Waals surface area (Å²) in [5, 5.41) is 19.1. The topological polar surface area (TPSA) is 46.9 Å². The molecule has 0 fully saturated rings. The second kappa shape index (κ2) is 15.4. The van der Waals surface area contributed by atoms with Gasteiger partial charge in [-0.3, -0.25) is 4.90 Å². The van der Waals surface area contributed by atoms with Gasteiger partial charge in [0.15, 0.2) is 0 Å². The van der Waals surface area contributed by atoms with E-state index in [-0.39, 0.29) is 12.2 Å². The number of hydrogen-bond acceptors (Lipinski definition) is 4. The van der Waals surface area contributed by atoms with Gasteiger partial charge in [0.05, 0.1) is 12.2 Å². The Morgan fingerprint density at radius 2 is 1.00 bits per heavy atom. The van der Waals surface area contributed by atoms with E-state index in [4.69, 9.17) is 0 Å². The molecule has 2 unspecified atom stereocenters. The van der Waals surface area contributed by atoms with Crippen molar-refractivity contribution in [2.75, 3.05) is 39.3 Å². The van der Waals surface area contributed by atoms with E-state index in [0.717, 1.165) is 13.0 Å². The fraction of sp³-hybridized carbons (Fsp3) is 1.00. The second-order valence-electron chi connectivity index (χ2n) is 7.07. The van der Waals surface area contributed by atoms with Crippen molar-refractivity contribution >= 4 is 0 Å². The van der Waals surface area contributed by atoms with Crippen molar-refractivity contribution in [3.05, 3.63) is 0 Å². The van der Waals surface area contributed by atoms with Crippen molar-refractivity contribution in [1.82, 2.24) is 9.80 Å². The third kappa shape index (κ3) is 15.1. The van der Waals surface area contributed by atoms with Gasteiger partial charge in [0.2, 0.25) is 0 Å². The number of unbranched alkanes of at least 4 members (excludes halogenated alkanes) is 4. The molecule has 2 atom stereocenters. The lowest BCUT2D eigenvalue weighted by Gasteiger charge is -2.25. The van der Waals surface area contributed by atoms with Gasteiger partial charge in [-0.15, -0.1) is 0 Å². The maximum atomic E-state index is 9.55. The fourth-order valence-electron chi connectivity index (χ4n) is 2.95. The van der Waals surface area contributed by atoms with Crippen LogP contribution in [0.4, 0.5) is 0 Å². The van der Waals surface area contributed by atoms with Gasteiger partial charge in [-0.2, -0.15) is 0 Å². The summed E-state index contributed by atoms with van der Waals surface area (Å²) in [6.45, 7) is 14.1. The molecule has 0 aromatic carbocycles. The molecule has 0 aliphatic carbocycles. The molecule has 23 heavy (non-hydrogen) atoms. The van der Waals surface area contributed by atoms with E-state index in [9.17, 15) is 10.2 Å². The predicted molar refractivity (Wildman–Crippen MR) is 99.9 cm³/mol. The average Bonchev–Trinajstić information content (AvgIpc) is 2.47. The molecule has 4 nitrogen and oxygen atoms in total. The lowest BCUT2D eigenvalue weighted by atomic mass is 10.2. The smallest absolute Gasteiger partial charge is 0.0639 e. The van der Waals surface area contributed by atoms with Gasteiger partial charge < -0.3 is 15.1 Å². The lowest BCUT2D eigenvalue weighted by Crippen LogP contribution is -2.37. The molecular weight excluding hydrogens is 288 g/mol. The molecule has 0 aliphatic heterocycles. The molecule has 0 rings (SSSR count). The van der Waals surface area contributed by atoms with Crippen molar-refractivity contribution in [1.29, 1.82) is 0 Å². The van der Waals surface area contributed by atoms with Crippen LogP contribution in [0.1, 0.15) is 72.6 Å². The summed E-state index contributed by atoms with van der Waals surface area (Å²) in [7, 11) is 0. The van der Waals surface area contributed by atoms with Gasteiger partial charge in [-0.25, -0.2) is 0 Å². The van der Waals surface area contributed by atoms with E-state index in [1.165, 1.54) is 58.2 Å². The molecule has 0 bridgehead atoms. The average molecular weight is 331 g/mol. The van der Waals surface area contributed by atoms with Crippen molar-refractivity contribution in [3.63, 3.8) is 0 Å². The quantitative estimate of drug-likeness (QED) is 0.427. The summed E-state index contributed by atoms with van der Waals surface area (Å²) < 4.78 is 0. The zero-order valence-corrected chi connectivity index (χ0v) is 16.1. The van der Waals surface area contributed by atoms with Crippen LogP contribution < -0.4 is 0 Å². The fourth-order valence-corrected chi connectivity index (χ4v) is 2.95. The van der Waals surface area contributed by atoms with Crippen LogP contribution in [0.2, 0.25) is 0 Å². The monoisotopic (exact) mass is 330 g/mol.